The molecule has 204 valence electrons. The summed E-state index contributed by atoms with van der Waals surface area (Å²) in [4.78, 5) is 50.9. The summed E-state index contributed by atoms with van der Waals surface area (Å²) in [5.41, 5.74) is -2.17. The lowest BCUT2D eigenvalue weighted by Gasteiger charge is -2.61. The van der Waals surface area contributed by atoms with Gasteiger partial charge in [0.2, 0.25) is 5.78 Å². The largest absolute Gasteiger partial charge is 0.457 e. The predicted molar refractivity (Wildman–Crippen MR) is 141 cm³/mol. The van der Waals surface area contributed by atoms with Gasteiger partial charge in [0.15, 0.2) is 18.0 Å². The highest BCUT2D eigenvalue weighted by Gasteiger charge is 2.74. The van der Waals surface area contributed by atoms with Crippen LogP contribution in [0.4, 0.5) is 0 Å². The molecule has 0 aromatic rings. The minimum absolute atomic E-state index is 0.0864. The maximum Gasteiger partial charge on any atom is 0.306 e. The van der Waals surface area contributed by atoms with E-state index in [2.05, 4.69) is 15.9 Å². The van der Waals surface area contributed by atoms with Crippen LogP contribution in [-0.2, 0) is 28.7 Å². The first-order valence-electron chi connectivity index (χ1n) is 13.1. The van der Waals surface area contributed by atoms with Gasteiger partial charge in [-0.2, -0.15) is 0 Å². The molecule has 4 aliphatic carbocycles. The summed E-state index contributed by atoms with van der Waals surface area (Å²) in [6, 6.07) is 0. The molecule has 0 heterocycles. The number of carbonyl (C=O) groups is 4. The SMILES string of the molecule is CCC(=O)OCC(=O)[C@@]1(OC(=O)CC)[C@H](C)C[C@H]2[C@H]3[C@H]([C@@H](O)C[C@@]21C)[C@@]1(C)C=C(Br)C(=O)C=C1C[C@H]3Cl. The average molecular weight is 600 g/mol. The van der Waals surface area contributed by atoms with E-state index in [1.807, 2.05) is 26.8 Å². The number of ether oxygens (including phenoxy) is 2. The third-order valence-corrected chi connectivity index (χ3v) is 10.8. The van der Waals surface area contributed by atoms with Crippen molar-refractivity contribution < 1.29 is 33.8 Å². The zero-order valence-electron chi connectivity index (χ0n) is 22.0. The lowest BCUT2D eigenvalue weighted by Crippen LogP contribution is -2.65. The summed E-state index contributed by atoms with van der Waals surface area (Å²) in [7, 11) is 0. The molecular weight excluding hydrogens is 564 g/mol. The van der Waals surface area contributed by atoms with Crippen molar-refractivity contribution in [3.05, 3.63) is 22.2 Å². The van der Waals surface area contributed by atoms with Gasteiger partial charge in [-0.15, -0.1) is 11.6 Å². The van der Waals surface area contributed by atoms with Gasteiger partial charge in [0.25, 0.3) is 0 Å². The van der Waals surface area contributed by atoms with Gasteiger partial charge in [-0.3, -0.25) is 19.2 Å². The molecule has 0 unspecified atom stereocenters. The molecule has 0 aromatic heterocycles. The van der Waals surface area contributed by atoms with Crippen molar-refractivity contribution in [1.29, 1.82) is 0 Å². The molecule has 0 aromatic carbocycles. The third-order valence-electron chi connectivity index (χ3n) is 9.71. The Bertz CT molecular complexity index is 1080. The highest BCUT2D eigenvalue weighted by atomic mass is 79.9. The van der Waals surface area contributed by atoms with Crippen molar-refractivity contribution in [3.63, 3.8) is 0 Å². The summed E-state index contributed by atoms with van der Waals surface area (Å²) in [6.45, 7) is 8.66. The first-order chi connectivity index (χ1) is 17.3. The van der Waals surface area contributed by atoms with Gasteiger partial charge in [0, 0.05) is 40.9 Å². The number of allylic oxidation sites excluding steroid dienone is 4. The molecule has 0 aliphatic heterocycles. The van der Waals surface area contributed by atoms with E-state index >= 15 is 0 Å². The van der Waals surface area contributed by atoms with Gasteiger partial charge in [-0.25, -0.2) is 0 Å². The van der Waals surface area contributed by atoms with E-state index in [0.29, 0.717) is 17.3 Å². The molecular formula is C28H36BrClO7. The summed E-state index contributed by atoms with van der Waals surface area (Å²) in [5, 5.41) is 11.4. The van der Waals surface area contributed by atoms with Crippen LogP contribution in [0.2, 0.25) is 0 Å². The van der Waals surface area contributed by atoms with Crippen LogP contribution in [0, 0.1) is 34.5 Å². The lowest BCUT2D eigenvalue weighted by atomic mass is 9.46. The fourth-order valence-corrected chi connectivity index (χ4v) is 9.18. The van der Waals surface area contributed by atoms with Gasteiger partial charge in [0.05, 0.1) is 10.6 Å². The van der Waals surface area contributed by atoms with Gasteiger partial charge < -0.3 is 14.6 Å². The number of esters is 2. The number of fused-ring (bicyclic) bond motifs is 5. The van der Waals surface area contributed by atoms with Crippen LogP contribution in [0.3, 0.4) is 0 Å². The Morgan fingerprint density at radius 3 is 2.46 bits per heavy atom. The third kappa shape index (κ3) is 4.17. The Kier molecular flexibility index (Phi) is 7.63. The Labute approximate surface area is 231 Å². The standard InChI is InChI=1S/C28H36BrClO7/c1-6-22(34)36-13-21(33)28(37-23(35)7-2)14(3)8-16-24-18(30)9-15-10-19(31)17(29)11-26(15,4)25(24)20(32)12-27(16,28)5/h10-11,14,16,18,20,24-25,32H,6-9,12-13H2,1-5H3/t14-,16+,18-,20+,24-,25+,26+,27+,28+/m1/s1. The number of hydrogen-bond acceptors (Lipinski definition) is 7. The molecule has 4 aliphatic rings. The second-order valence-electron chi connectivity index (χ2n) is 11.6. The normalized spacial score (nSPS) is 42.5. The van der Waals surface area contributed by atoms with Gasteiger partial charge in [0.1, 0.15) is 0 Å². The molecule has 1 N–H and O–H groups in total. The topological polar surface area (TPSA) is 107 Å². The van der Waals surface area contributed by atoms with Gasteiger partial charge in [-0.1, -0.05) is 46.3 Å². The van der Waals surface area contributed by atoms with Crippen LogP contribution in [-0.4, -0.2) is 52.3 Å². The van der Waals surface area contributed by atoms with E-state index in [4.69, 9.17) is 21.1 Å². The second-order valence-corrected chi connectivity index (χ2v) is 13.0. The van der Waals surface area contributed by atoms with Crippen molar-refractivity contribution >= 4 is 51.0 Å². The summed E-state index contributed by atoms with van der Waals surface area (Å²) >= 11 is 10.5. The quantitative estimate of drug-likeness (QED) is 0.349. The number of hydrogen-bond donors (Lipinski definition) is 1. The zero-order valence-corrected chi connectivity index (χ0v) is 24.4. The summed E-state index contributed by atoms with van der Waals surface area (Å²) < 4.78 is 11.8. The van der Waals surface area contributed by atoms with Crippen molar-refractivity contribution in [2.24, 2.45) is 34.5 Å². The van der Waals surface area contributed by atoms with Crippen LogP contribution in [0.15, 0.2) is 22.2 Å². The number of alkyl halides is 1. The van der Waals surface area contributed by atoms with Crippen molar-refractivity contribution in [2.45, 2.75) is 83.8 Å². The van der Waals surface area contributed by atoms with Gasteiger partial charge in [-0.05, 0) is 53.1 Å². The zero-order chi connectivity index (χ0) is 27.5. The first kappa shape index (κ1) is 28.5. The Hall–Kier alpha value is -1.51. The van der Waals surface area contributed by atoms with Crippen LogP contribution in [0.1, 0.15) is 66.7 Å². The first-order valence-corrected chi connectivity index (χ1v) is 14.4. The van der Waals surface area contributed by atoms with Crippen LogP contribution in [0.5, 0.6) is 0 Å². The molecule has 37 heavy (non-hydrogen) atoms. The number of aliphatic hydroxyl groups excluding tert-OH is 1. The number of halogens is 2. The lowest BCUT2D eigenvalue weighted by molar-refractivity contribution is -0.205. The molecule has 0 amide bonds. The van der Waals surface area contributed by atoms with Crippen molar-refractivity contribution in [3.8, 4) is 0 Å². The minimum Gasteiger partial charge on any atom is -0.457 e. The molecule has 7 nitrogen and oxygen atoms in total. The minimum atomic E-state index is -1.56. The Morgan fingerprint density at radius 1 is 1.19 bits per heavy atom. The van der Waals surface area contributed by atoms with Gasteiger partial charge >= 0.3 is 11.9 Å². The molecule has 0 saturated heterocycles. The fraction of sp³-hybridized carbons (Fsp3) is 0.714. The smallest absolute Gasteiger partial charge is 0.306 e. The molecule has 9 atom stereocenters. The van der Waals surface area contributed by atoms with E-state index in [0.717, 1.165) is 5.57 Å². The van der Waals surface area contributed by atoms with E-state index in [9.17, 15) is 24.3 Å². The molecule has 9 heteroatoms. The average Bonchev–Trinajstić information content (AvgIpc) is 3.05. The monoisotopic (exact) mass is 598 g/mol. The molecule has 0 radical (unpaired) electrons. The van der Waals surface area contributed by atoms with E-state index in [1.54, 1.807) is 19.9 Å². The Morgan fingerprint density at radius 2 is 1.84 bits per heavy atom. The van der Waals surface area contributed by atoms with Crippen molar-refractivity contribution in [1.82, 2.24) is 0 Å². The molecule has 0 bridgehead atoms. The summed E-state index contributed by atoms with van der Waals surface area (Å²) in [5.74, 6) is -2.59. The maximum atomic E-state index is 13.9. The number of rotatable bonds is 6. The second kappa shape index (κ2) is 9.91. The molecule has 0 spiro atoms. The van der Waals surface area contributed by atoms with Crippen LogP contribution >= 0.6 is 27.5 Å². The maximum absolute atomic E-state index is 13.9. The highest BCUT2D eigenvalue weighted by Crippen LogP contribution is 2.70. The Balaban J connectivity index is 1.81. The molecule has 3 saturated carbocycles. The van der Waals surface area contributed by atoms with Crippen LogP contribution < -0.4 is 0 Å². The van der Waals surface area contributed by atoms with E-state index < -0.39 is 46.9 Å². The van der Waals surface area contributed by atoms with Crippen LogP contribution in [0.25, 0.3) is 0 Å². The number of carbonyl (C=O) groups excluding carboxylic acids is 4. The van der Waals surface area contributed by atoms with E-state index in [-0.39, 0.29) is 54.1 Å². The fourth-order valence-electron chi connectivity index (χ4n) is 8.09. The number of aliphatic hydroxyl groups is 1. The van der Waals surface area contributed by atoms with E-state index in [1.165, 1.54) is 0 Å². The predicted octanol–water partition coefficient (Wildman–Crippen LogP) is 4.67. The molecule has 4 rings (SSSR count). The molecule has 3 fully saturated rings. The summed E-state index contributed by atoms with van der Waals surface area (Å²) in [6.07, 6.45) is 4.13. The highest BCUT2D eigenvalue weighted by molar-refractivity contribution is 9.12. The number of ketones is 2. The van der Waals surface area contributed by atoms with Crippen molar-refractivity contribution in [2.75, 3.05) is 6.61 Å². The number of Topliss-reactive ketones (excluding diaryl/α,β-unsaturated/α-hetero) is 1.